The lowest BCUT2D eigenvalue weighted by Gasteiger charge is -2.22. The van der Waals surface area contributed by atoms with Gasteiger partial charge in [0.05, 0.1) is 19.8 Å². The van der Waals surface area contributed by atoms with Crippen molar-refractivity contribution in [1.29, 1.82) is 0 Å². The molecule has 0 saturated carbocycles. The third kappa shape index (κ3) is 3.70. The second-order valence-electron chi connectivity index (χ2n) is 4.56. The van der Waals surface area contributed by atoms with E-state index in [9.17, 15) is 5.11 Å². The highest BCUT2D eigenvalue weighted by Gasteiger charge is 2.15. The lowest BCUT2D eigenvalue weighted by atomic mass is 10.1. The van der Waals surface area contributed by atoms with Crippen molar-refractivity contribution in [1.82, 2.24) is 4.90 Å². The number of β-amino-alcohol motifs (C(OH)–C–C–N with tert-alkyl or cyclic N) is 1. The minimum Gasteiger partial charge on any atom is -0.497 e. The van der Waals surface area contributed by atoms with Gasteiger partial charge in [0.15, 0.2) is 0 Å². The summed E-state index contributed by atoms with van der Waals surface area (Å²) in [4.78, 5) is 2.25. The number of hydrogen-bond donors (Lipinski definition) is 1. The standard InChI is InChI=1S/C14H21NO3/c1-17-13-5-3-12(4-6-13)14(16)11-15-7-2-9-18-10-8-15/h3-6,14,16H,2,7-11H2,1H3. The zero-order chi connectivity index (χ0) is 12.8. The normalized spacial score (nSPS) is 19.2. The van der Waals surface area contributed by atoms with Crippen LogP contribution in [0.1, 0.15) is 18.1 Å². The quantitative estimate of drug-likeness (QED) is 0.879. The van der Waals surface area contributed by atoms with Gasteiger partial charge in [-0.25, -0.2) is 0 Å². The third-order valence-corrected chi connectivity index (χ3v) is 3.25. The van der Waals surface area contributed by atoms with Crippen molar-refractivity contribution < 1.29 is 14.6 Å². The van der Waals surface area contributed by atoms with Gasteiger partial charge in [0.2, 0.25) is 0 Å². The highest BCUT2D eigenvalue weighted by Crippen LogP contribution is 2.18. The summed E-state index contributed by atoms with van der Waals surface area (Å²) in [5.74, 6) is 0.814. The summed E-state index contributed by atoms with van der Waals surface area (Å²) in [6.45, 7) is 4.14. The maximum atomic E-state index is 10.2. The molecule has 2 rings (SSSR count). The van der Waals surface area contributed by atoms with Gasteiger partial charge in [-0.05, 0) is 24.1 Å². The lowest BCUT2D eigenvalue weighted by molar-refractivity contribution is 0.103. The molecule has 1 aromatic rings. The Morgan fingerprint density at radius 2 is 2.06 bits per heavy atom. The van der Waals surface area contributed by atoms with Crippen LogP contribution >= 0.6 is 0 Å². The van der Waals surface area contributed by atoms with Crippen LogP contribution in [0.25, 0.3) is 0 Å². The van der Waals surface area contributed by atoms with E-state index in [1.165, 1.54) is 0 Å². The Hall–Kier alpha value is -1.10. The largest absolute Gasteiger partial charge is 0.497 e. The number of hydrogen-bond acceptors (Lipinski definition) is 4. The Morgan fingerprint density at radius 3 is 2.78 bits per heavy atom. The summed E-state index contributed by atoms with van der Waals surface area (Å²) in [5.41, 5.74) is 0.931. The van der Waals surface area contributed by atoms with Gasteiger partial charge in [-0.15, -0.1) is 0 Å². The minimum atomic E-state index is -0.450. The molecule has 0 bridgehead atoms. The van der Waals surface area contributed by atoms with Gasteiger partial charge < -0.3 is 14.6 Å². The molecule has 4 heteroatoms. The number of methoxy groups -OCH3 is 1. The van der Waals surface area contributed by atoms with Crippen molar-refractivity contribution in [2.75, 3.05) is 40.0 Å². The summed E-state index contributed by atoms with van der Waals surface area (Å²) >= 11 is 0. The van der Waals surface area contributed by atoms with E-state index in [2.05, 4.69) is 4.90 Å². The first kappa shape index (κ1) is 13.3. The SMILES string of the molecule is COc1ccc(C(O)CN2CCCOCC2)cc1. The van der Waals surface area contributed by atoms with Gasteiger partial charge in [-0.3, -0.25) is 4.90 Å². The Labute approximate surface area is 108 Å². The second-order valence-corrected chi connectivity index (χ2v) is 4.56. The maximum Gasteiger partial charge on any atom is 0.118 e. The molecule has 1 N–H and O–H groups in total. The Bertz CT molecular complexity index is 345. The van der Waals surface area contributed by atoms with E-state index in [0.717, 1.165) is 44.0 Å². The zero-order valence-electron chi connectivity index (χ0n) is 10.8. The molecule has 1 aliphatic heterocycles. The molecule has 1 aliphatic rings. The minimum absolute atomic E-state index is 0.450. The highest BCUT2D eigenvalue weighted by molar-refractivity contribution is 5.28. The van der Waals surface area contributed by atoms with E-state index < -0.39 is 6.10 Å². The van der Waals surface area contributed by atoms with Crippen molar-refractivity contribution in [3.8, 4) is 5.75 Å². The van der Waals surface area contributed by atoms with Crippen LogP contribution in [0.5, 0.6) is 5.75 Å². The van der Waals surface area contributed by atoms with Crippen molar-refractivity contribution in [2.45, 2.75) is 12.5 Å². The third-order valence-electron chi connectivity index (χ3n) is 3.25. The molecule has 1 fully saturated rings. The van der Waals surface area contributed by atoms with Crippen molar-refractivity contribution in [2.24, 2.45) is 0 Å². The fraction of sp³-hybridized carbons (Fsp3) is 0.571. The average molecular weight is 251 g/mol. The summed E-state index contributed by atoms with van der Waals surface area (Å²) in [7, 11) is 1.64. The monoisotopic (exact) mass is 251 g/mol. The molecule has 1 saturated heterocycles. The number of aliphatic hydroxyl groups excluding tert-OH is 1. The molecule has 0 aromatic heterocycles. The fourth-order valence-electron chi connectivity index (χ4n) is 2.16. The van der Waals surface area contributed by atoms with E-state index in [-0.39, 0.29) is 0 Å². The van der Waals surface area contributed by atoms with Crippen LogP contribution in [0.15, 0.2) is 24.3 Å². The fourth-order valence-corrected chi connectivity index (χ4v) is 2.16. The maximum absolute atomic E-state index is 10.2. The average Bonchev–Trinajstić information content (AvgIpc) is 2.67. The molecule has 1 heterocycles. The molecule has 0 radical (unpaired) electrons. The van der Waals surface area contributed by atoms with Gasteiger partial charge in [0, 0.05) is 26.2 Å². The molecule has 4 nitrogen and oxygen atoms in total. The first-order valence-corrected chi connectivity index (χ1v) is 6.41. The molecule has 18 heavy (non-hydrogen) atoms. The van der Waals surface area contributed by atoms with Crippen LogP contribution in [0.3, 0.4) is 0 Å². The van der Waals surface area contributed by atoms with Crippen LogP contribution in [-0.4, -0.2) is 50.0 Å². The van der Waals surface area contributed by atoms with E-state index in [1.54, 1.807) is 7.11 Å². The second kappa shape index (κ2) is 6.73. The highest BCUT2D eigenvalue weighted by atomic mass is 16.5. The predicted octanol–water partition coefficient (Wildman–Crippen LogP) is 1.45. The number of benzene rings is 1. The van der Waals surface area contributed by atoms with E-state index in [1.807, 2.05) is 24.3 Å². The van der Waals surface area contributed by atoms with Gasteiger partial charge in [0.25, 0.3) is 0 Å². The first-order chi connectivity index (χ1) is 8.79. The van der Waals surface area contributed by atoms with Gasteiger partial charge in [-0.1, -0.05) is 12.1 Å². The van der Waals surface area contributed by atoms with Crippen LogP contribution in [0, 0.1) is 0 Å². The molecule has 1 atom stereocenters. The number of nitrogens with zero attached hydrogens (tertiary/aromatic N) is 1. The smallest absolute Gasteiger partial charge is 0.118 e. The molecule has 0 amide bonds. The van der Waals surface area contributed by atoms with Gasteiger partial charge >= 0.3 is 0 Å². The van der Waals surface area contributed by atoms with E-state index >= 15 is 0 Å². The lowest BCUT2D eigenvalue weighted by Crippen LogP contribution is -2.31. The van der Waals surface area contributed by atoms with Crippen molar-refractivity contribution in [3.63, 3.8) is 0 Å². The molecule has 100 valence electrons. The number of ether oxygens (including phenoxy) is 2. The zero-order valence-corrected chi connectivity index (χ0v) is 10.8. The van der Waals surface area contributed by atoms with Gasteiger partial charge in [0.1, 0.15) is 5.75 Å². The number of aliphatic hydroxyl groups is 1. The molecule has 0 aliphatic carbocycles. The van der Waals surface area contributed by atoms with E-state index in [4.69, 9.17) is 9.47 Å². The molecule has 0 spiro atoms. The van der Waals surface area contributed by atoms with Crippen LogP contribution in [-0.2, 0) is 4.74 Å². The van der Waals surface area contributed by atoms with Crippen LogP contribution in [0.2, 0.25) is 0 Å². The number of rotatable bonds is 4. The molecule has 1 aromatic carbocycles. The molecule has 1 unspecified atom stereocenters. The van der Waals surface area contributed by atoms with Crippen molar-refractivity contribution >= 4 is 0 Å². The Kier molecular flexibility index (Phi) is 4.99. The summed E-state index contributed by atoms with van der Waals surface area (Å²) in [5, 5.41) is 10.2. The van der Waals surface area contributed by atoms with Crippen LogP contribution < -0.4 is 4.74 Å². The van der Waals surface area contributed by atoms with Crippen LogP contribution in [0.4, 0.5) is 0 Å². The summed E-state index contributed by atoms with van der Waals surface area (Å²) in [6, 6.07) is 7.59. The van der Waals surface area contributed by atoms with Crippen molar-refractivity contribution in [3.05, 3.63) is 29.8 Å². The summed E-state index contributed by atoms with van der Waals surface area (Å²) < 4.78 is 10.5. The summed E-state index contributed by atoms with van der Waals surface area (Å²) in [6.07, 6.45) is 0.587. The molecular weight excluding hydrogens is 230 g/mol. The Morgan fingerprint density at radius 1 is 1.28 bits per heavy atom. The topological polar surface area (TPSA) is 41.9 Å². The van der Waals surface area contributed by atoms with E-state index in [0.29, 0.717) is 6.54 Å². The Balaban J connectivity index is 1.90. The van der Waals surface area contributed by atoms with Gasteiger partial charge in [-0.2, -0.15) is 0 Å². The molecular formula is C14H21NO3. The first-order valence-electron chi connectivity index (χ1n) is 6.41. The predicted molar refractivity (Wildman–Crippen MR) is 69.8 cm³/mol.